The molecule has 0 spiro atoms. The van der Waals surface area contributed by atoms with Crippen molar-refractivity contribution in [1.29, 1.82) is 0 Å². The molecule has 3 heteroatoms. The molecule has 0 radical (unpaired) electrons. The number of allylic oxidation sites excluding steroid dienone is 1. The Labute approximate surface area is 60.1 Å². The first kappa shape index (κ1) is 8.70. The van der Waals surface area contributed by atoms with E-state index < -0.39 is 5.97 Å². The minimum atomic E-state index is -0.542. The highest BCUT2D eigenvalue weighted by Gasteiger charge is 2.07. The summed E-state index contributed by atoms with van der Waals surface area (Å²) in [5.74, 6) is -0.542. The molecule has 0 aliphatic carbocycles. The Bertz CT molecular complexity index is 188. The van der Waals surface area contributed by atoms with Gasteiger partial charge < -0.3 is 4.74 Å². The van der Waals surface area contributed by atoms with Crippen LogP contribution >= 0.6 is 0 Å². The van der Waals surface area contributed by atoms with Gasteiger partial charge in [-0.3, -0.25) is 4.79 Å². The van der Waals surface area contributed by atoms with Gasteiger partial charge in [-0.2, -0.15) is 0 Å². The van der Waals surface area contributed by atoms with Crippen molar-refractivity contribution in [2.24, 2.45) is 0 Å². The minimum Gasteiger partial charge on any atom is -0.471 e. The van der Waals surface area contributed by atoms with Gasteiger partial charge in [-0.1, -0.05) is 13.0 Å². The van der Waals surface area contributed by atoms with E-state index in [0.717, 1.165) is 0 Å². The zero-order valence-corrected chi connectivity index (χ0v) is 6.05. The topological polar surface area (TPSA) is 30.7 Å². The predicted octanol–water partition coefficient (Wildman–Crippen LogP) is 1.37. The van der Waals surface area contributed by atoms with Gasteiger partial charge in [-0.15, -0.1) is 0 Å². The maximum Gasteiger partial charge on any atom is 0.335 e. The van der Waals surface area contributed by atoms with Crippen LogP contribution < -0.4 is 0 Å². The number of rotatable bonds is 2. The third kappa shape index (κ3) is 2.31. The van der Waals surface area contributed by atoms with E-state index in [1.54, 1.807) is 13.8 Å². The van der Waals surface area contributed by atoms with Crippen molar-refractivity contribution in [3.05, 3.63) is 23.2 Å². The van der Waals surface area contributed by atoms with Crippen molar-refractivity contribution < 1.29 is 9.53 Å². The van der Waals surface area contributed by atoms with Gasteiger partial charge in [0.25, 0.3) is 5.70 Å². The summed E-state index contributed by atoms with van der Waals surface area (Å²) < 4.78 is 4.56. The molecule has 0 aromatic rings. The van der Waals surface area contributed by atoms with Crippen LogP contribution in [0.3, 0.4) is 0 Å². The molecule has 0 aliphatic rings. The van der Waals surface area contributed by atoms with Crippen molar-refractivity contribution in [3.63, 3.8) is 0 Å². The van der Waals surface area contributed by atoms with E-state index in [4.69, 9.17) is 6.57 Å². The molecule has 10 heavy (non-hydrogen) atoms. The second kappa shape index (κ2) is 4.57. The van der Waals surface area contributed by atoms with Crippen LogP contribution in [0.25, 0.3) is 4.85 Å². The maximum absolute atomic E-state index is 10.7. The van der Waals surface area contributed by atoms with Gasteiger partial charge in [0.15, 0.2) is 0 Å². The molecule has 0 unspecified atom stereocenters. The number of carbonyl (C=O) groups excluding carboxylic acids is 1. The Hall–Kier alpha value is -1.30. The SMILES string of the molecule is [C-]#[N+]C(=CC)C(=O)OCC. The lowest BCUT2D eigenvalue weighted by molar-refractivity contribution is -0.138. The first-order chi connectivity index (χ1) is 4.76. The summed E-state index contributed by atoms with van der Waals surface area (Å²) in [6.07, 6.45) is 1.44. The molecule has 0 saturated heterocycles. The zero-order chi connectivity index (χ0) is 7.98. The summed E-state index contributed by atoms with van der Waals surface area (Å²) in [6.45, 7) is 10.2. The summed E-state index contributed by atoms with van der Waals surface area (Å²) in [4.78, 5) is 13.7. The number of esters is 1. The van der Waals surface area contributed by atoms with Gasteiger partial charge in [0.05, 0.1) is 13.2 Å². The number of hydrogen-bond donors (Lipinski definition) is 0. The summed E-state index contributed by atoms with van der Waals surface area (Å²) >= 11 is 0. The lowest BCUT2D eigenvalue weighted by atomic mass is 10.4. The monoisotopic (exact) mass is 139 g/mol. The largest absolute Gasteiger partial charge is 0.471 e. The summed E-state index contributed by atoms with van der Waals surface area (Å²) in [5.41, 5.74) is 0.0434. The Morgan fingerprint density at radius 2 is 2.40 bits per heavy atom. The lowest BCUT2D eigenvalue weighted by Crippen LogP contribution is -2.04. The molecule has 0 bridgehead atoms. The van der Waals surface area contributed by atoms with E-state index in [1.165, 1.54) is 6.08 Å². The van der Waals surface area contributed by atoms with E-state index in [0.29, 0.717) is 6.61 Å². The van der Waals surface area contributed by atoms with Crippen LogP contribution in [-0.4, -0.2) is 12.6 Å². The molecule has 0 aromatic carbocycles. The van der Waals surface area contributed by atoms with Crippen molar-refractivity contribution in [3.8, 4) is 0 Å². The fraction of sp³-hybridized carbons (Fsp3) is 0.429. The molecule has 54 valence electrons. The molecule has 0 heterocycles. The minimum absolute atomic E-state index is 0.0434. The molecule has 0 aliphatic heterocycles. The van der Waals surface area contributed by atoms with Gasteiger partial charge in [0.2, 0.25) is 0 Å². The molecule has 3 nitrogen and oxygen atoms in total. The highest BCUT2D eigenvalue weighted by atomic mass is 16.5. The second-order valence-corrected chi connectivity index (χ2v) is 1.51. The smallest absolute Gasteiger partial charge is 0.335 e. The van der Waals surface area contributed by atoms with Crippen LogP contribution in [0.4, 0.5) is 0 Å². The average molecular weight is 139 g/mol. The quantitative estimate of drug-likeness (QED) is 0.328. The average Bonchev–Trinajstić information content (AvgIpc) is 1.91. The fourth-order valence-corrected chi connectivity index (χ4v) is 0.433. The maximum atomic E-state index is 10.7. The van der Waals surface area contributed by atoms with Crippen LogP contribution in [0.15, 0.2) is 11.8 Å². The van der Waals surface area contributed by atoms with E-state index in [2.05, 4.69) is 9.58 Å². The van der Waals surface area contributed by atoms with Gasteiger partial charge in [-0.25, -0.2) is 4.85 Å². The van der Waals surface area contributed by atoms with E-state index in [-0.39, 0.29) is 5.70 Å². The number of nitrogens with zero attached hydrogens (tertiary/aromatic N) is 1. The lowest BCUT2D eigenvalue weighted by Gasteiger charge is -1.96. The zero-order valence-electron chi connectivity index (χ0n) is 6.05. The highest BCUT2D eigenvalue weighted by Crippen LogP contribution is 1.98. The third-order valence-electron chi connectivity index (χ3n) is 0.878. The summed E-state index contributed by atoms with van der Waals surface area (Å²) in [6, 6.07) is 0. The van der Waals surface area contributed by atoms with Crippen LogP contribution in [0.1, 0.15) is 13.8 Å². The van der Waals surface area contributed by atoms with E-state index in [9.17, 15) is 4.79 Å². The van der Waals surface area contributed by atoms with Crippen LogP contribution in [0.2, 0.25) is 0 Å². The molecule has 0 rings (SSSR count). The normalized spacial score (nSPS) is 10.3. The van der Waals surface area contributed by atoms with E-state index >= 15 is 0 Å². The van der Waals surface area contributed by atoms with Gasteiger partial charge in [0, 0.05) is 0 Å². The molecule has 0 amide bonds. The summed E-state index contributed by atoms with van der Waals surface area (Å²) in [7, 11) is 0. The van der Waals surface area contributed by atoms with Crippen molar-refractivity contribution >= 4 is 5.97 Å². The number of hydrogen-bond acceptors (Lipinski definition) is 2. The van der Waals surface area contributed by atoms with Gasteiger partial charge in [-0.05, 0) is 6.92 Å². The van der Waals surface area contributed by atoms with Crippen molar-refractivity contribution in [2.75, 3.05) is 6.61 Å². The Morgan fingerprint density at radius 1 is 1.80 bits per heavy atom. The Balaban J connectivity index is 4.08. The Morgan fingerprint density at radius 3 is 2.70 bits per heavy atom. The highest BCUT2D eigenvalue weighted by molar-refractivity contribution is 5.90. The number of ether oxygens (including phenoxy) is 1. The Kier molecular flexibility index (Phi) is 3.97. The van der Waals surface area contributed by atoms with Gasteiger partial charge in [0.1, 0.15) is 0 Å². The number of carbonyl (C=O) groups is 1. The first-order valence-electron chi connectivity index (χ1n) is 2.97. The molecular formula is C7H9NO2. The second-order valence-electron chi connectivity index (χ2n) is 1.51. The van der Waals surface area contributed by atoms with Crippen molar-refractivity contribution in [2.45, 2.75) is 13.8 Å². The molecular weight excluding hydrogens is 130 g/mol. The molecule has 0 aromatic heterocycles. The predicted molar refractivity (Wildman–Crippen MR) is 37.0 cm³/mol. The van der Waals surface area contributed by atoms with Crippen LogP contribution in [-0.2, 0) is 9.53 Å². The first-order valence-corrected chi connectivity index (χ1v) is 2.97. The molecule has 0 atom stereocenters. The van der Waals surface area contributed by atoms with E-state index in [1.807, 2.05) is 0 Å². The standard InChI is InChI=1S/C7H9NO2/c1-4-6(8-3)7(9)10-5-2/h4H,5H2,1-2H3. The molecule has 0 N–H and O–H groups in total. The fourth-order valence-electron chi connectivity index (χ4n) is 0.433. The molecule has 0 fully saturated rings. The van der Waals surface area contributed by atoms with Crippen LogP contribution in [0.5, 0.6) is 0 Å². The van der Waals surface area contributed by atoms with Gasteiger partial charge >= 0.3 is 5.97 Å². The summed E-state index contributed by atoms with van der Waals surface area (Å²) in [5, 5.41) is 0. The van der Waals surface area contributed by atoms with Crippen molar-refractivity contribution in [1.82, 2.24) is 0 Å². The van der Waals surface area contributed by atoms with Crippen LogP contribution in [0, 0.1) is 6.57 Å². The third-order valence-corrected chi connectivity index (χ3v) is 0.878. The molecule has 0 saturated carbocycles.